The van der Waals surface area contributed by atoms with Gasteiger partial charge in [0.1, 0.15) is 23.5 Å². The van der Waals surface area contributed by atoms with E-state index in [0.717, 1.165) is 19.6 Å². The summed E-state index contributed by atoms with van der Waals surface area (Å²) in [5.41, 5.74) is 1.17. The molecule has 0 spiro atoms. The van der Waals surface area contributed by atoms with E-state index in [1.165, 1.54) is 0 Å². The van der Waals surface area contributed by atoms with E-state index >= 15 is 0 Å². The number of hydrogen-bond acceptors (Lipinski definition) is 8. The van der Waals surface area contributed by atoms with Crippen LogP contribution in [0.4, 0.5) is 30.8 Å². The highest BCUT2D eigenvalue weighted by atomic mass is 19.4. The molecule has 1 fully saturated rings. The van der Waals surface area contributed by atoms with E-state index in [-0.39, 0.29) is 13.2 Å². The molecule has 9 nitrogen and oxygen atoms in total. The van der Waals surface area contributed by atoms with Gasteiger partial charge in [0, 0.05) is 31.9 Å². The third-order valence-corrected chi connectivity index (χ3v) is 4.75. The summed E-state index contributed by atoms with van der Waals surface area (Å²) in [7, 11) is 0. The highest BCUT2D eigenvalue weighted by molar-refractivity contribution is 5.88. The number of halogens is 3. The van der Waals surface area contributed by atoms with Crippen molar-refractivity contribution in [3.63, 3.8) is 0 Å². The van der Waals surface area contributed by atoms with Gasteiger partial charge in [0.25, 0.3) is 0 Å². The molecule has 1 aliphatic heterocycles. The number of anilines is 3. The first-order valence-corrected chi connectivity index (χ1v) is 9.93. The fourth-order valence-electron chi connectivity index (χ4n) is 3.40. The maximum atomic E-state index is 12.3. The van der Waals surface area contributed by atoms with Crippen molar-refractivity contribution in [3.05, 3.63) is 30.6 Å². The van der Waals surface area contributed by atoms with Crippen LogP contribution in [0.25, 0.3) is 11.0 Å². The lowest BCUT2D eigenvalue weighted by atomic mass is 10.2. The van der Waals surface area contributed by atoms with Crippen LogP contribution in [0.2, 0.25) is 0 Å². The first kappa shape index (κ1) is 21.2. The minimum Gasteiger partial charge on any atom is -0.370 e. The smallest absolute Gasteiger partial charge is 0.370 e. The molecule has 0 aromatic carbocycles. The van der Waals surface area contributed by atoms with E-state index < -0.39 is 12.8 Å². The van der Waals surface area contributed by atoms with Crippen LogP contribution in [0.5, 0.6) is 0 Å². The summed E-state index contributed by atoms with van der Waals surface area (Å²) in [6.07, 6.45) is -1.13. The topological polar surface area (TPSA) is 93.0 Å². The third-order valence-electron chi connectivity index (χ3n) is 4.75. The normalized spacial score (nSPS) is 17.3. The Morgan fingerprint density at radius 3 is 2.90 bits per heavy atom. The molecule has 0 saturated carbocycles. The monoisotopic (exact) mass is 436 g/mol. The van der Waals surface area contributed by atoms with Crippen molar-refractivity contribution in [1.29, 1.82) is 0 Å². The van der Waals surface area contributed by atoms with Crippen LogP contribution in [0.15, 0.2) is 30.6 Å². The molecule has 4 heterocycles. The van der Waals surface area contributed by atoms with Gasteiger partial charge in [-0.2, -0.15) is 23.3 Å². The fourth-order valence-corrected chi connectivity index (χ4v) is 3.40. The summed E-state index contributed by atoms with van der Waals surface area (Å²) in [5.74, 6) is 1.63. The Morgan fingerprint density at radius 1 is 1.29 bits per heavy atom. The second kappa shape index (κ2) is 9.02. The van der Waals surface area contributed by atoms with Gasteiger partial charge in [0.15, 0.2) is 5.82 Å². The van der Waals surface area contributed by atoms with Crippen molar-refractivity contribution in [2.45, 2.75) is 25.7 Å². The lowest BCUT2D eigenvalue weighted by molar-refractivity contribution is -0.174. The highest BCUT2D eigenvalue weighted by Crippen LogP contribution is 2.26. The molecule has 2 N–H and O–H groups in total. The molecule has 0 radical (unpaired) electrons. The van der Waals surface area contributed by atoms with Crippen molar-refractivity contribution in [1.82, 2.24) is 30.0 Å². The number of aromatic nitrogens is 5. The predicted molar refractivity (Wildman–Crippen MR) is 109 cm³/mol. The molecule has 0 bridgehead atoms. The van der Waals surface area contributed by atoms with Crippen LogP contribution in [-0.2, 0) is 11.3 Å². The maximum Gasteiger partial charge on any atom is 0.411 e. The van der Waals surface area contributed by atoms with Gasteiger partial charge in [-0.3, -0.25) is 4.68 Å². The summed E-state index contributed by atoms with van der Waals surface area (Å²) in [6.45, 7) is 3.12. The minimum absolute atomic E-state index is 0.129. The molecule has 0 aliphatic carbocycles. The zero-order chi connectivity index (χ0) is 21.8. The quantitative estimate of drug-likeness (QED) is 0.546. The summed E-state index contributed by atoms with van der Waals surface area (Å²) in [5, 5.41) is 10.9. The molecule has 1 saturated heterocycles. The maximum absolute atomic E-state index is 12.3. The van der Waals surface area contributed by atoms with Gasteiger partial charge in [0.05, 0.1) is 19.3 Å². The van der Waals surface area contributed by atoms with Gasteiger partial charge < -0.3 is 20.3 Å². The van der Waals surface area contributed by atoms with Crippen LogP contribution < -0.4 is 15.5 Å². The Hall–Kier alpha value is -2.99. The van der Waals surface area contributed by atoms with Crippen LogP contribution in [0.3, 0.4) is 0 Å². The van der Waals surface area contributed by atoms with Crippen LogP contribution in [0.1, 0.15) is 6.92 Å². The average Bonchev–Trinajstić information content (AvgIpc) is 3.15. The van der Waals surface area contributed by atoms with Gasteiger partial charge in [-0.05, 0) is 19.1 Å². The van der Waals surface area contributed by atoms with E-state index in [9.17, 15) is 13.2 Å². The number of fused-ring (bicyclic) bond motifs is 1. The number of nitrogens with zero attached hydrogens (tertiary/aromatic N) is 6. The summed E-state index contributed by atoms with van der Waals surface area (Å²) in [6, 6.07) is 5.74. The summed E-state index contributed by atoms with van der Waals surface area (Å²) < 4.78 is 43.3. The molecule has 0 amide bonds. The van der Waals surface area contributed by atoms with Crippen molar-refractivity contribution in [2.75, 3.05) is 43.1 Å². The first-order valence-electron chi connectivity index (χ1n) is 9.93. The first-order chi connectivity index (χ1) is 14.9. The summed E-state index contributed by atoms with van der Waals surface area (Å²) >= 11 is 0. The van der Waals surface area contributed by atoms with Gasteiger partial charge in [-0.15, -0.1) is 0 Å². The van der Waals surface area contributed by atoms with Crippen LogP contribution in [-0.4, -0.2) is 69.8 Å². The highest BCUT2D eigenvalue weighted by Gasteiger charge is 2.27. The number of ether oxygens (including phenoxy) is 1. The average molecular weight is 436 g/mol. The largest absolute Gasteiger partial charge is 0.411 e. The number of rotatable bonds is 7. The van der Waals surface area contributed by atoms with Gasteiger partial charge in [-0.25, -0.2) is 9.97 Å². The fraction of sp³-hybridized carbons (Fsp3) is 0.474. The van der Waals surface area contributed by atoms with E-state index in [2.05, 4.69) is 37.5 Å². The Balaban J connectivity index is 1.63. The van der Waals surface area contributed by atoms with E-state index in [1.54, 1.807) is 29.2 Å². The number of hydrogen-bond donors (Lipinski definition) is 2. The molecule has 3 aromatic heterocycles. The minimum atomic E-state index is -4.36. The van der Waals surface area contributed by atoms with Crippen molar-refractivity contribution in [3.8, 4) is 0 Å². The molecule has 1 aliphatic rings. The van der Waals surface area contributed by atoms with Gasteiger partial charge in [-0.1, -0.05) is 6.07 Å². The van der Waals surface area contributed by atoms with Crippen molar-refractivity contribution in [2.24, 2.45) is 0 Å². The number of nitrogens with one attached hydrogen (secondary N) is 2. The Kier molecular flexibility index (Phi) is 6.18. The zero-order valence-corrected chi connectivity index (χ0v) is 16.9. The molecule has 166 valence electrons. The Labute approximate surface area is 176 Å². The zero-order valence-electron chi connectivity index (χ0n) is 16.9. The molecular formula is C19H23F3N8O. The standard InChI is InChI=1S/C19H23F3N8O/c1-13-11-29(7-6-23-13)18-26-14-10-25-30(8-9-31-12-19(20,21)22)16(14)17(28-18)27-15-4-2-3-5-24-15/h2-5,10,13,23H,6-9,11-12H2,1H3,(H,24,26,27,28)/t13-/m0/s1. The van der Waals surface area contributed by atoms with Crippen LogP contribution >= 0.6 is 0 Å². The predicted octanol–water partition coefficient (Wildman–Crippen LogP) is 2.34. The SMILES string of the molecule is C[C@H]1CN(c2nc(Nc3ccccn3)c3c(cnn3CCOCC(F)(F)F)n2)CCN1. The molecule has 3 aromatic rings. The second-order valence-electron chi connectivity index (χ2n) is 7.28. The van der Waals surface area contributed by atoms with Gasteiger partial charge in [0.2, 0.25) is 5.95 Å². The molecule has 0 unspecified atom stereocenters. The number of alkyl halides is 3. The molecule has 31 heavy (non-hydrogen) atoms. The molecule has 12 heteroatoms. The second-order valence-corrected chi connectivity index (χ2v) is 7.28. The van der Waals surface area contributed by atoms with Crippen LogP contribution in [0, 0.1) is 0 Å². The van der Waals surface area contributed by atoms with Gasteiger partial charge >= 0.3 is 6.18 Å². The van der Waals surface area contributed by atoms with Crippen molar-refractivity contribution < 1.29 is 17.9 Å². The van der Waals surface area contributed by atoms with E-state index in [1.807, 2.05) is 6.07 Å². The third kappa shape index (κ3) is 5.39. The van der Waals surface area contributed by atoms with E-state index in [0.29, 0.717) is 34.7 Å². The lowest BCUT2D eigenvalue weighted by Crippen LogP contribution is -2.49. The lowest BCUT2D eigenvalue weighted by Gasteiger charge is -2.32. The Morgan fingerprint density at radius 2 is 2.16 bits per heavy atom. The summed E-state index contributed by atoms with van der Waals surface area (Å²) in [4.78, 5) is 15.7. The number of pyridine rings is 1. The van der Waals surface area contributed by atoms with E-state index in [4.69, 9.17) is 9.72 Å². The Bertz CT molecular complexity index is 1010. The van der Waals surface area contributed by atoms with Crippen molar-refractivity contribution >= 4 is 28.6 Å². The number of piperazine rings is 1. The molecule has 1 atom stereocenters. The molecule has 4 rings (SSSR count). The molecular weight excluding hydrogens is 413 g/mol.